The van der Waals surface area contributed by atoms with Crippen LogP contribution in [0.25, 0.3) is 0 Å². The number of methoxy groups -OCH3 is 1. The van der Waals surface area contributed by atoms with Crippen LogP contribution in [-0.2, 0) is 14.3 Å². The lowest BCUT2D eigenvalue weighted by molar-refractivity contribution is -0.154. The predicted molar refractivity (Wildman–Crippen MR) is 91.8 cm³/mol. The summed E-state index contributed by atoms with van der Waals surface area (Å²) in [4.78, 5) is 24.6. The fraction of sp³-hybridized carbons (Fsp3) is 0.467. The first-order valence-electron chi connectivity index (χ1n) is 7.43. The van der Waals surface area contributed by atoms with E-state index in [-0.39, 0.29) is 36.3 Å². The van der Waals surface area contributed by atoms with Crippen LogP contribution in [0, 0.1) is 0 Å². The van der Waals surface area contributed by atoms with Crippen LogP contribution in [0.2, 0.25) is 10.0 Å². The molecule has 0 aliphatic carbocycles. The van der Waals surface area contributed by atoms with Crippen molar-refractivity contribution in [3.63, 3.8) is 0 Å². The third kappa shape index (κ3) is 5.37. The Bertz CT molecular complexity index is 619. The molecule has 0 radical (unpaired) electrons. The van der Waals surface area contributed by atoms with Gasteiger partial charge in [-0.3, -0.25) is 0 Å². The molecule has 10 heteroatoms. The molecule has 2 N–H and O–H groups in total. The minimum absolute atomic E-state index is 0.0408. The smallest absolute Gasteiger partial charge is 0.334 e. The third-order valence-corrected chi connectivity index (χ3v) is 3.97. The van der Waals surface area contributed by atoms with Crippen molar-refractivity contribution in [3.8, 4) is 5.75 Å². The highest BCUT2D eigenvalue weighted by molar-refractivity contribution is 6.37. The minimum atomic E-state index is -1.11. The van der Waals surface area contributed by atoms with Crippen LogP contribution >= 0.6 is 23.2 Å². The van der Waals surface area contributed by atoms with Gasteiger partial charge in [-0.1, -0.05) is 23.2 Å². The number of carbonyl (C=O) groups is 2. The SMILES string of the molecule is COCCOc1c(Cl)cc(NC(=O)N2CCOC(C(=O)O)C2)cc1Cl. The summed E-state index contributed by atoms with van der Waals surface area (Å²) < 4.78 is 15.4. The first-order chi connectivity index (χ1) is 11.9. The number of morpholine rings is 1. The maximum Gasteiger partial charge on any atom is 0.334 e. The van der Waals surface area contributed by atoms with E-state index < -0.39 is 18.1 Å². The van der Waals surface area contributed by atoms with Gasteiger partial charge in [-0.25, -0.2) is 9.59 Å². The Balaban J connectivity index is 2.02. The average molecular weight is 393 g/mol. The molecule has 1 unspecified atom stereocenters. The van der Waals surface area contributed by atoms with Crippen molar-refractivity contribution >= 4 is 40.9 Å². The number of nitrogens with zero attached hydrogens (tertiary/aromatic N) is 1. The van der Waals surface area contributed by atoms with E-state index in [2.05, 4.69) is 5.32 Å². The molecule has 1 heterocycles. The summed E-state index contributed by atoms with van der Waals surface area (Å²) in [6.45, 7) is 1.06. The summed E-state index contributed by atoms with van der Waals surface area (Å²) in [5, 5.41) is 12.1. The Morgan fingerprint density at radius 3 is 2.64 bits per heavy atom. The molecule has 1 aromatic carbocycles. The molecule has 0 aromatic heterocycles. The molecule has 138 valence electrons. The number of rotatable bonds is 6. The Kier molecular flexibility index (Phi) is 7.12. The maximum atomic E-state index is 12.3. The van der Waals surface area contributed by atoms with Gasteiger partial charge in [0.15, 0.2) is 11.9 Å². The van der Waals surface area contributed by atoms with E-state index in [4.69, 9.17) is 42.5 Å². The average Bonchev–Trinajstić information content (AvgIpc) is 2.57. The number of ether oxygens (including phenoxy) is 3. The lowest BCUT2D eigenvalue weighted by Gasteiger charge is -2.30. The van der Waals surface area contributed by atoms with Crippen LogP contribution in [0.5, 0.6) is 5.75 Å². The van der Waals surface area contributed by atoms with Gasteiger partial charge in [0.05, 0.1) is 29.8 Å². The van der Waals surface area contributed by atoms with Gasteiger partial charge in [0.2, 0.25) is 0 Å². The number of anilines is 1. The topological polar surface area (TPSA) is 97.3 Å². The van der Waals surface area contributed by atoms with Crippen molar-refractivity contribution in [2.45, 2.75) is 6.10 Å². The second-order valence-electron chi connectivity index (χ2n) is 5.18. The van der Waals surface area contributed by atoms with Gasteiger partial charge in [0.1, 0.15) is 6.61 Å². The number of nitrogens with one attached hydrogen (secondary N) is 1. The molecule has 0 saturated carbocycles. The van der Waals surface area contributed by atoms with Gasteiger partial charge < -0.3 is 29.5 Å². The van der Waals surface area contributed by atoms with Gasteiger partial charge in [-0.15, -0.1) is 0 Å². The molecule has 1 saturated heterocycles. The zero-order valence-electron chi connectivity index (χ0n) is 13.5. The minimum Gasteiger partial charge on any atom is -0.488 e. The zero-order valence-corrected chi connectivity index (χ0v) is 15.0. The van der Waals surface area contributed by atoms with E-state index in [0.29, 0.717) is 18.0 Å². The number of benzene rings is 1. The second kappa shape index (κ2) is 9.10. The number of hydrogen-bond acceptors (Lipinski definition) is 5. The number of carboxylic acids is 1. The van der Waals surface area contributed by atoms with Crippen molar-refractivity contribution in [3.05, 3.63) is 22.2 Å². The monoisotopic (exact) mass is 392 g/mol. The number of aliphatic carboxylic acids is 1. The summed E-state index contributed by atoms with van der Waals surface area (Å²) in [6, 6.07) is 2.54. The first-order valence-corrected chi connectivity index (χ1v) is 8.19. The second-order valence-corrected chi connectivity index (χ2v) is 6.00. The lowest BCUT2D eigenvalue weighted by atomic mass is 10.2. The van der Waals surface area contributed by atoms with Crippen molar-refractivity contribution in [1.29, 1.82) is 0 Å². The summed E-state index contributed by atoms with van der Waals surface area (Å²) in [7, 11) is 1.55. The highest BCUT2D eigenvalue weighted by Gasteiger charge is 2.29. The number of carboxylic acid groups (broad SMARTS) is 1. The quantitative estimate of drug-likeness (QED) is 0.721. The molecule has 1 fully saturated rings. The van der Waals surface area contributed by atoms with E-state index in [1.807, 2.05) is 0 Å². The number of carbonyl (C=O) groups excluding carboxylic acids is 1. The molecule has 1 aliphatic rings. The number of amides is 2. The van der Waals surface area contributed by atoms with Crippen LogP contribution in [-0.4, -0.2) is 68.1 Å². The summed E-state index contributed by atoms with van der Waals surface area (Å²) in [5.41, 5.74) is 0.373. The maximum absolute atomic E-state index is 12.3. The van der Waals surface area contributed by atoms with Crippen LogP contribution in [0.3, 0.4) is 0 Å². The van der Waals surface area contributed by atoms with Crippen LogP contribution in [0.4, 0.5) is 10.5 Å². The molecule has 1 atom stereocenters. The number of hydrogen-bond donors (Lipinski definition) is 2. The van der Waals surface area contributed by atoms with E-state index >= 15 is 0 Å². The molecular weight excluding hydrogens is 375 g/mol. The highest BCUT2D eigenvalue weighted by atomic mass is 35.5. The molecule has 0 spiro atoms. The van der Waals surface area contributed by atoms with Gasteiger partial charge in [0.25, 0.3) is 0 Å². The molecule has 2 rings (SSSR count). The van der Waals surface area contributed by atoms with Crippen molar-refractivity contribution in [1.82, 2.24) is 4.90 Å². The highest BCUT2D eigenvalue weighted by Crippen LogP contribution is 2.36. The van der Waals surface area contributed by atoms with E-state index in [1.54, 1.807) is 7.11 Å². The normalized spacial score (nSPS) is 17.2. The fourth-order valence-corrected chi connectivity index (χ4v) is 2.78. The largest absolute Gasteiger partial charge is 0.488 e. The molecule has 2 amide bonds. The van der Waals surface area contributed by atoms with Crippen LogP contribution in [0.15, 0.2) is 12.1 Å². The van der Waals surface area contributed by atoms with Gasteiger partial charge in [-0.05, 0) is 12.1 Å². The van der Waals surface area contributed by atoms with E-state index in [9.17, 15) is 9.59 Å². The Hall–Kier alpha value is -1.74. The fourth-order valence-electron chi connectivity index (χ4n) is 2.18. The molecule has 1 aromatic rings. The Morgan fingerprint density at radius 1 is 1.36 bits per heavy atom. The van der Waals surface area contributed by atoms with Gasteiger partial charge in [-0.2, -0.15) is 0 Å². The molecular formula is C15H18Cl2N2O6. The summed E-state index contributed by atoms with van der Waals surface area (Å²) >= 11 is 12.3. The molecule has 8 nitrogen and oxygen atoms in total. The lowest BCUT2D eigenvalue weighted by Crippen LogP contribution is -2.49. The van der Waals surface area contributed by atoms with Crippen LogP contribution in [0.1, 0.15) is 0 Å². The van der Waals surface area contributed by atoms with E-state index in [0.717, 1.165) is 0 Å². The first kappa shape index (κ1) is 19.6. The standard InChI is InChI=1S/C15H18Cl2N2O6/c1-23-4-5-25-13-10(16)6-9(7-11(13)17)18-15(22)19-2-3-24-12(8-19)14(20)21/h6-7,12H,2-5,8H2,1H3,(H,18,22)(H,20,21). The molecule has 1 aliphatic heterocycles. The summed E-state index contributed by atoms with van der Waals surface area (Å²) in [6.07, 6.45) is -1.04. The molecule has 0 bridgehead atoms. The van der Waals surface area contributed by atoms with Gasteiger partial charge in [0, 0.05) is 19.3 Å². The number of urea groups is 1. The van der Waals surface area contributed by atoms with Crippen molar-refractivity contribution in [2.24, 2.45) is 0 Å². The third-order valence-electron chi connectivity index (χ3n) is 3.41. The Morgan fingerprint density at radius 2 is 2.04 bits per heavy atom. The van der Waals surface area contributed by atoms with E-state index in [1.165, 1.54) is 17.0 Å². The summed E-state index contributed by atoms with van der Waals surface area (Å²) in [5.74, 6) is -0.808. The van der Waals surface area contributed by atoms with Crippen molar-refractivity contribution < 1.29 is 28.9 Å². The molecule has 25 heavy (non-hydrogen) atoms. The number of halogens is 2. The van der Waals surface area contributed by atoms with Gasteiger partial charge >= 0.3 is 12.0 Å². The Labute approximate surface area is 154 Å². The zero-order chi connectivity index (χ0) is 18.4. The van der Waals surface area contributed by atoms with Crippen LogP contribution < -0.4 is 10.1 Å². The van der Waals surface area contributed by atoms with Crippen molar-refractivity contribution in [2.75, 3.05) is 45.3 Å². The predicted octanol–water partition coefficient (Wildman–Crippen LogP) is 2.34.